The van der Waals surface area contributed by atoms with E-state index in [-0.39, 0.29) is 23.5 Å². The van der Waals surface area contributed by atoms with Gasteiger partial charge in [-0.3, -0.25) is 9.59 Å². The van der Waals surface area contributed by atoms with Gasteiger partial charge in [-0.05, 0) is 58.8 Å². The summed E-state index contributed by atoms with van der Waals surface area (Å²) in [6, 6.07) is 15.6. The standard InChI is InChI=1S/C26H30FN3O2S/c1-18(2)14-25(31)28-22-11-12-23(29(3)4)20(15-22)17-30(26(32)24-6-5-13-33-24)16-19-7-9-21(27)10-8-19/h5-13,15,18H,14,16-17H2,1-4H3,(H,28,31). The Balaban J connectivity index is 1.92. The maximum absolute atomic E-state index is 13.4. The lowest BCUT2D eigenvalue weighted by molar-refractivity contribution is -0.116. The van der Waals surface area contributed by atoms with E-state index in [4.69, 9.17) is 0 Å². The molecule has 0 fully saturated rings. The first kappa shape index (κ1) is 24.5. The number of halogens is 1. The number of hydrogen-bond acceptors (Lipinski definition) is 4. The molecule has 0 bridgehead atoms. The van der Waals surface area contributed by atoms with E-state index in [2.05, 4.69) is 5.32 Å². The van der Waals surface area contributed by atoms with Crippen LogP contribution in [0.25, 0.3) is 0 Å². The molecule has 1 aromatic heterocycles. The number of thiophene rings is 1. The van der Waals surface area contributed by atoms with Gasteiger partial charge in [0.2, 0.25) is 5.91 Å². The Morgan fingerprint density at radius 1 is 1.03 bits per heavy atom. The fourth-order valence-corrected chi connectivity index (χ4v) is 4.27. The van der Waals surface area contributed by atoms with Gasteiger partial charge in [-0.2, -0.15) is 0 Å². The summed E-state index contributed by atoms with van der Waals surface area (Å²) in [5.41, 5.74) is 3.41. The Labute approximate surface area is 198 Å². The highest BCUT2D eigenvalue weighted by atomic mass is 32.1. The second-order valence-electron chi connectivity index (χ2n) is 8.65. The van der Waals surface area contributed by atoms with Crippen LogP contribution in [-0.2, 0) is 17.9 Å². The van der Waals surface area contributed by atoms with Crippen molar-refractivity contribution in [1.82, 2.24) is 4.90 Å². The number of nitrogens with one attached hydrogen (secondary N) is 1. The SMILES string of the molecule is CC(C)CC(=O)Nc1ccc(N(C)C)c(CN(Cc2ccc(F)cc2)C(=O)c2cccs2)c1. The third-order valence-electron chi connectivity index (χ3n) is 5.11. The Kier molecular flexibility index (Phi) is 8.22. The van der Waals surface area contributed by atoms with Crippen LogP contribution in [0.2, 0.25) is 0 Å². The molecular formula is C26H30FN3O2S. The summed E-state index contributed by atoms with van der Waals surface area (Å²) in [6.07, 6.45) is 0.443. The fourth-order valence-electron chi connectivity index (χ4n) is 3.58. The molecule has 5 nitrogen and oxygen atoms in total. The lowest BCUT2D eigenvalue weighted by Gasteiger charge is -2.26. The van der Waals surface area contributed by atoms with Crippen LogP contribution in [0.5, 0.6) is 0 Å². The molecule has 3 rings (SSSR count). The molecule has 0 aliphatic rings. The van der Waals surface area contributed by atoms with E-state index in [9.17, 15) is 14.0 Å². The Morgan fingerprint density at radius 3 is 2.36 bits per heavy atom. The van der Waals surface area contributed by atoms with E-state index in [1.807, 2.05) is 62.5 Å². The van der Waals surface area contributed by atoms with Crippen molar-refractivity contribution in [3.05, 3.63) is 81.8 Å². The number of carbonyl (C=O) groups is 2. The first-order chi connectivity index (χ1) is 15.7. The van der Waals surface area contributed by atoms with Crippen LogP contribution in [0.1, 0.15) is 41.1 Å². The molecule has 1 N–H and O–H groups in total. The van der Waals surface area contributed by atoms with Crippen molar-refractivity contribution in [2.45, 2.75) is 33.4 Å². The Hall–Kier alpha value is -3.19. The summed E-state index contributed by atoms with van der Waals surface area (Å²) < 4.78 is 13.4. The van der Waals surface area contributed by atoms with E-state index in [0.29, 0.717) is 30.1 Å². The fraction of sp³-hybridized carbons (Fsp3) is 0.308. The number of carbonyl (C=O) groups excluding carboxylic acids is 2. The van der Waals surface area contributed by atoms with Gasteiger partial charge in [0.1, 0.15) is 5.82 Å². The van der Waals surface area contributed by atoms with Crippen molar-refractivity contribution in [2.24, 2.45) is 5.92 Å². The predicted octanol–water partition coefficient (Wildman–Crippen LogP) is 5.78. The molecule has 2 aromatic carbocycles. The highest BCUT2D eigenvalue weighted by Crippen LogP contribution is 2.27. The molecule has 7 heteroatoms. The highest BCUT2D eigenvalue weighted by Gasteiger charge is 2.20. The van der Waals surface area contributed by atoms with Crippen LogP contribution < -0.4 is 10.2 Å². The topological polar surface area (TPSA) is 52.7 Å². The average molecular weight is 468 g/mol. The lowest BCUT2D eigenvalue weighted by Crippen LogP contribution is -2.30. The molecule has 2 amide bonds. The molecule has 0 spiro atoms. The van der Waals surface area contributed by atoms with Gasteiger partial charge >= 0.3 is 0 Å². The van der Waals surface area contributed by atoms with Crippen molar-refractivity contribution < 1.29 is 14.0 Å². The van der Waals surface area contributed by atoms with Crippen molar-refractivity contribution >= 4 is 34.5 Å². The largest absolute Gasteiger partial charge is 0.377 e. The summed E-state index contributed by atoms with van der Waals surface area (Å²) in [6.45, 7) is 4.69. The van der Waals surface area contributed by atoms with Gasteiger partial charge in [0.15, 0.2) is 0 Å². The molecule has 0 aliphatic carbocycles. The molecule has 0 aliphatic heterocycles. The summed E-state index contributed by atoms with van der Waals surface area (Å²) >= 11 is 1.39. The van der Waals surface area contributed by atoms with E-state index >= 15 is 0 Å². The molecule has 33 heavy (non-hydrogen) atoms. The van der Waals surface area contributed by atoms with Gasteiger partial charge in [-0.1, -0.05) is 32.0 Å². The van der Waals surface area contributed by atoms with Crippen LogP contribution in [-0.4, -0.2) is 30.8 Å². The zero-order chi connectivity index (χ0) is 24.0. The lowest BCUT2D eigenvalue weighted by atomic mass is 10.1. The van der Waals surface area contributed by atoms with Crippen molar-refractivity contribution in [2.75, 3.05) is 24.3 Å². The number of rotatable bonds is 9. The maximum atomic E-state index is 13.4. The van der Waals surface area contributed by atoms with Crippen LogP contribution in [0.3, 0.4) is 0 Å². The van der Waals surface area contributed by atoms with Crippen molar-refractivity contribution in [1.29, 1.82) is 0 Å². The van der Waals surface area contributed by atoms with Gasteiger partial charge in [-0.25, -0.2) is 4.39 Å². The normalized spacial score (nSPS) is 10.8. The van der Waals surface area contributed by atoms with Crippen molar-refractivity contribution in [3.63, 3.8) is 0 Å². The second-order valence-corrected chi connectivity index (χ2v) is 9.60. The number of hydrogen-bond donors (Lipinski definition) is 1. The van der Waals surface area contributed by atoms with Gasteiger partial charge in [0.05, 0.1) is 4.88 Å². The Bertz CT molecular complexity index is 1080. The zero-order valence-electron chi connectivity index (χ0n) is 19.5. The number of nitrogens with zero attached hydrogens (tertiary/aromatic N) is 2. The molecule has 1 heterocycles. The van der Waals surface area contributed by atoms with E-state index in [1.54, 1.807) is 23.1 Å². The Morgan fingerprint density at radius 2 is 1.76 bits per heavy atom. The summed E-state index contributed by atoms with van der Waals surface area (Å²) in [5.74, 6) is -0.172. The smallest absolute Gasteiger partial charge is 0.264 e. The van der Waals surface area contributed by atoms with E-state index in [0.717, 1.165) is 16.8 Å². The molecule has 0 saturated carbocycles. The molecule has 0 unspecified atom stereocenters. The highest BCUT2D eigenvalue weighted by molar-refractivity contribution is 7.12. The monoisotopic (exact) mass is 467 g/mol. The minimum Gasteiger partial charge on any atom is -0.377 e. The van der Waals surface area contributed by atoms with Crippen LogP contribution in [0, 0.1) is 11.7 Å². The van der Waals surface area contributed by atoms with Gasteiger partial charge in [-0.15, -0.1) is 11.3 Å². The number of benzene rings is 2. The quantitative estimate of drug-likeness (QED) is 0.434. The van der Waals surface area contributed by atoms with Crippen molar-refractivity contribution in [3.8, 4) is 0 Å². The van der Waals surface area contributed by atoms with Crippen LogP contribution >= 0.6 is 11.3 Å². The van der Waals surface area contributed by atoms with Crippen LogP contribution in [0.4, 0.5) is 15.8 Å². The third-order valence-corrected chi connectivity index (χ3v) is 5.96. The number of anilines is 2. The first-order valence-electron chi connectivity index (χ1n) is 10.9. The van der Waals surface area contributed by atoms with Gasteiger partial charge in [0.25, 0.3) is 5.91 Å². The van der Waals surface area contributed by atoms with Gasteiger partial charge in [0, 0.05) is 45.0 Å². The minimum atomic E-state index is -0.311. The third kappa shape index (κ3) is 6.89. The first-order valence-corrected chi connectivity index (χ1v) is 11.8. The average Bonchev–Trinajstić information content (AvgIpc) is 3.28. The summed E-state index contributed by atoms with van der Waals surface area (Å²) in [7, 11) is 3.89. The molecule has 3 aromatic rings. The van der Waals surface area contributed by atoms with E-state index < -0.39 is 0 Å². The molecule has 174 valence electrons. The molecule has 0 radical (unpaired) electrons. The second kappa shape index (κ2) is 11.1. The van der Waals surface area contributed by atoms with Gasteiger partial charge < -0.3 is 15.1 Å². The number of amides is 2. The summed E-state index contributed by atoms with van der Waals surface area (Å²) in [4.78, 5) is 30.0. The van der Waals surface area contributed by atoms with Crippen LogP contribution in [0.15, 0.2) is 60.0 Å². The molecule has 0 atom stereocenters. The molecule has 0 saturated heterocycles. The minimum absolute atomic E-state index is 0.0358. The molecular weight excluding hydrogens is 437 g/mol. The van der Waals surface area contributed by atoms with E-state index in [1.165, 1.54) is 23.5 Å². The zero-order valence-corrected chi connectivity index (χ0v) is 20.3. The maximum Gasteiger partial charge on any atom is 0.264 e. The summed E-state index contributed by atoms with van der Waals surface area (Å²) in [5, 5.41) is 4.84. The predicted molar refractivity (Wildman–Crippen MR) is 133 cm³/mol.